The normalized spacial score (nSPS) is 23.7. The molecule has 0 radical (unpaired) electrons. The van der Waals surface area contributed by atoms with Crippen molar-refractivity contribution in [2.45, 2.75) is 44.0 Å². The zero-order chi connectivity index (χ0) is 18.6. The van der Waals surface area contributed by atoms with Crippen LogP contribution in [0.1, 0.15) is 43.5 Å². The van der Waals surface area contributed by atoms with Crippen LogP contribution >= 0.6 is 0 Å². The van der Waals surface area contributed by atoms with E-state index in [1.807, 2.05) is 0 Å². The van der Waals surface area contributed by atoms with E-state index in [4.69, 9.17) is 4.74 Å². The van der Waals surface area contributed by atoms with E-state index < -0.39 is 15.8 Å². The van der Waals surface area contributed by atoms with Gasteiger partial charge in [-0.15, -0.1) is 0 Å². The summed E-state index contributed by atoms with van der Waals surface area (Å²) in [5, 5.41) is 2.94. The molecule has 0 heterocycles. The molecule has 3 unspecified atom stereocenters. The molecule has 3 atom stereocenters. The molecule has 2 rings (SSSR count). The first-order valence-electron chi connectivity index (χ1n) is 8.45. The second kappa shape index (κ2) is 7.99. The third kappa shape index (κ3) is 5.29. The lowest BCUT2D eigenvalue weighted by Crippen LogP contribution is -2.45. The van der Waals surface area contributed by atoms with Gasteiger partial charge in [-0.1, -0.05) is 26.7 Å². The van der Waals surface area contributed by atoms with Crippen molar-refractivity contribution in [1.29, 1.82) is 0 Å². The molecule has 1 aromatic rings. The minimum Gasteiger partial charge on any atom is -0.452 e. The Balaban J connectivity index is 1.86. The third-order valence-corrected chi connectivity index (χ3v) is 6.03. The van der Waals surface area contributed by atoms with Crippen molar-refractivity contribution in [2.75, 3.05) is 12.9 Å². The molecular weight excluding hydrogens is 342 g/mol. The number of hydrogen-bond donors (Lipinski definition) is 1. The highest BCUT2D eigenvalue weighted by atomic mass is 32.2. The summed E-state index contributed by atoms with van der Waals surface area (Å²) in [7, 11) is -3.31. The molecular formula is C18H25NO5S. The van der Waals surface area contributed by atoms with Crippen LogP contribution in [0, 0.1) is 11.8 Å². The minimum absolute atomic E-state index is 0.115. The Morgan fingerprint density at radius 3 is 2.40 bits per heavy atom. The summed E-state index contributed by atoms with van der Waals surface area (Å²) in [6, 6.07) is 5.56. The molecule has 7 heteroatoms. The van der Waals surface area contributed by atoms with Gasteiger partial charge in [-0.05, 0) is 42.5 Å². The minimum atomic E-state index is -3.31. The van der Waals surface area contributed by atoms with Crippen molar-refractivity contribution in [1.82, 2.24) is 5.32 Å². The lowest BCUT2D eigenvalue weighted by molar-refractivity contribution is -0.125. The number of nitrogens with one attached hydrogen (secondary N) is 1. The van der Waals surface area contributed by atoms with Gasteiger partial charge in [-0.3, -0.25) is 4.79 Å². The molecule has 0 aliphatic heterocycles. The van der Waals surface area contributed by atoms with E-state index in [1.165, 1.54) is 30.7 Å². The first-order valence-corrected chi connectivity index (χ1v) is 10.3. The monoisotopic (exact) mass is 367 g/mol. The van der Waals surface area contributed by atoms with Gasteiger partial charge in [0.2, 0.25) is 0 Å². The summed E-state index contributed by atoms with van der Waals surface area (Å²) in [5.41, 5.74) is 0.208. The molecule has 1 aliphatic rings. The molecule has 0 aromatic heterocycles. The van der Waals surface area contributed by atoms with Crippen molar-refractivity contribution < 1.29 is 22.7 Å². The van der Waals surface area contributed by atoms with E-state index in [-0.39, 0.29) is 29.0 Å². The van der Waals surface area contributed by atoms with Gasteiger partial charge in [0.1, 0.15) is 0 Å². The molecule has 1 amide bonds. The molecule has 0 saturated heterocycles. The highest BCUT2D eigenvalue weighted by Crippen LogP contribution is 2.29. The summed E-state index contributed by atoms with van der Waals surface area (Å²) in [6.45, 7) is 3.97. The van der Waals surface area contributed by atoms with Crippen LogP contribution in [0.5, 0.6) is 0 Å². The van der Waals surface area contributed by atoms with Crippen LogP contribution in [0.15, 0.2) is 29.2 Å². The Labute approximate surface area is 148 Å². The quantitative estimate of drug-likeness (QED) is 0.806. The fourth-order valence-electron chi connectivity index (χ4n) is 3.09. The Bertz CT molecular complexity index is 726. The van der Waals surface area contributed by atoms with Crippen LogP contribution in [-0.4, -0.2) is 39.2 Å². The van der Waals surface area contributed by atoms with Crippen LogP contribution in [0.4, 0.5) is 0 Å². The van der Waals surface area contributed by atoms with E-state index in [9.17, 15) is 18.0 Å². The van der Waals surface area contributed by atoms with Gasteiger partial charge in [0.05, 0.1) is 10.5 Å². The van der Waals surface area contributed by atoms with Crippen LogP contribution in [0.25, 0.3) is 0 Å². The molecule has 25 heavy (non-hydrogen) atoms. The molecule has 1 N–H and O–H groups in total. The molecule has 1 aromatic carbocycles. The van der Waals surface area contributed by atoms with Crippen molar-refractivity contribution in [3.63, 3.8) is 0 Å². The summed E-state index contributed by atoms with van der Waals surface area (Å²) < 4.78 is 27.8. The van der Waals surface area contributed by atoms with Crippen LogP contribution in [0.2, 0.25) is 0 Å². The Morgan fingerprint density at radius 1 is 1.16 bits per heavy atom. The number of ether oxygens (including phenoxy) is 1. The van der Waals surface area contributed by atoms with Gasteiger partial charge in [-0.2, -0.15) is 0 Å². The molecule has 0 spiro atoms. The first-order chi connectivity index (χ1) is 11.7. The Hall–Kier alpha value is -1.89. The van der Waals surface area contributed by atoms with E-state index in [1.54, 1.807) is 0 Å². The lowest BCUT2D eigenvalue weighted by atomic mass is 9.78. The van der Waals surface area contributed by atoms with E-state index in [0.717, 1.165) is 19.1 Å². The van der Waals surface area contributed by atoms with E-state index in [0.29, 0.717) is 11.8 Å². The van der Waals surface area contributed by atoms with Crippen LogP contribution in [0.3, 0.4) is 0 Å². The number of carbonyl (C=O) groups is 2. The first kappa shape index (κ1) is 19.4. The third-order valence-electron chi connectivity index (χ3n) is 4.91. The maximum Gasteiger partial charge on any atom is 0.338 e. The number of benzene rings is 1. The molecule has 1 aliphatic carbocycles. The average molecular weight is 367 g/mol. The number of esters is 1. The van der Waals surface area contributed by atoms with E-state index in [2.05, 4.69) is 19.2 Å². The van der Waals surface area contributed by atoms with Gasteiger partial charge in [-0.25, -0.2) is 13.2 Å². The number of amides is 1. The van der Waals surface area contributed by atoms with Crippen molar-refractivity contribution >= 4 is 21.7 Å². The van der Waals surface area contributed by atoms with Crippen molar-refractivity contribution in [3.05, 3.63) is 29.8 Å². The Morgan fingerprint density at radius 2 is 1.80 bits per heavy atom. The second-order valence-corrected chi connectivity index (χ2v) is 8.83. The summed E-state index contributed by atoms with van der Waals surface area (Å²) in [5.74, 6) is -0.000726. The summed E-state index contributed by atoms with van der Waals surface area (Å²) in [6.07, 6.45) is 4.30. The van der Waals surface area contributed by atoms with Crippen molar-refractivity contribution in [3.8, 4) is 0 Å². The van der Waals surface area contributed by atoms with Gasteiger partial charge >= 0.3 is 5.97 Å². The molecule has 1 fully saturated rings. The summed E-state index contributed by atoms with van der Waals surface area (Å²) in [4.78, 5) is 24.1. The number of carbonyl (C=O) groups excluding carboxylic acids is 2. The number of rotatable bonds is 5. The zero-order valence-electron chi connectivity index (χ0n) is 14.8. The number of hydrogen-bond acceptors (Lipinski definition) is 5. The molecule has 138 valence electrons. The topological polar surface area (TPSA) is 89.5 Å². The average Bonchev–Trinajstić information content (AvgIpc) is 2.56. The van der Waals surface area contributed by atoms with Gasteiger partial charge in [0.15, 0.2) is 16.4 Å². The second-order valence-electron chi connectivity index (χ2n) is 6.81. The predicted molar refractivity (Wildman–Crippen MR) is 93.9 cm³/mol. The standard InChI is InChI=1S/C18H25NO5S/c1-12-5-4-6-16(13(12)2)19-17(20)11-24-18(21)14-7-9-15(10-8-14)25(3,22)23/h7-10,12-13,16H,4-6,11H2,1-3H3,(H,19,20). The van der Waals surface area contributed by atoms with Gasteiger partial charge < -0.3 is 10.1 Å². The predicted octanol–water partition coefficient (Wildman–Crippen LogP) is 2.19. The molecule has 0 bridgehead atoms. The van der Waals surface area contributed by atoms with Crippen molar-refractivity contribution in [2.24, 2.45) is 11.8 Å². The maximum absolute atomic E-state index is 12.0. The Kier molecular flexibility index (Phi) is 6.21. The van der Waals surface area contributed by atoms with Crippen LogP contribution < -0.4 is 5.32 Å². The highest BCUT2D eigenvalue weighted by molar-refractivity contribution is 7.90. The number of sulfone groups is 1. The fraction of sp³-hybridized carbons (Fsp3) is 0.556. The zero-order valence-corrected chi connectivity index (χ0v) is 15.6. The summed E-state index contributed by atoms with van der Waals surface area (Å²) >= 11 is 0. The smallest absolute Gasteiger partial charge is 0.338 e. The lowest BCUT2D eigenvalue weighted by Gasteiger charge is -2.34. The SMILES string of the molecule is CC1CCCC(NC(=O)COC(=O)c2ccc(S(C)(=O)=O)cc2)C1C. The molecule has 1 saturated carbocycles. The fourth-order valence-corrected chi connectivity index (χ4v) is 3.72. The van der Waals surface area contributed by atoms with Gasteiger partial charge in [0, 0.05) is 12.3 Å². The maximum atomic E-state index is 12.0. The largest absolute Gasteiger partial charge is 0.452 e. The van der Waals surface area contributed by atoms with Gasteiger partial charge in [0.25, 0.3) is 5.91 Å². The highest BCUT2D eigenvalue weighted by Gasteiger charge is 2.28. The van der Waals surface area contributed by atoms with E-state index >= 15 is 0 Å². The van der Waals surface area contributed by atoms with Crippen LogP contribution in [-0.2, 0) is 19.4 Å². The molecule has 6 nitrogen and oxygen atoms in total.